The molecular weight excluding hydrogens is 322 g/mol. The van der Waals surface area contributed by atoms with Gasteiger partial charge in [-0.25, -0.2) is 0 Å². The molecule has 0 unspecified atom stereocenters. The van der Waals surface area contributed by atoms with E-state index in [1.165, 1.54) is 4.88 Å². The van der Waals surface area contributed by atoms with Gasteiger partial charge in [0.15, 0.2) is 5.69 Å². The fourth-order valence-corrected chi connectivity index (χ4v) is 4.18. The van der Waals surface area contributed by atoms with Crippen molar-refractivity contribution in [3.63, 3.8) is 0 Å². The van der Waals surface area contributed by atoms with E-state index in [9.17, 15) is 9.90 Å². The summed E-state index contributed by atoms with van der Waals surface area (Å²) in [5.74, 6) is 0.477. The van der Waals surface area contributed by atoms with Crippen LogP contribution >= 0.6 is 11.3 Å². The number of hydrogen-bond donors (Lipinski definition) is 2. The Labute approximate surface area is 146 Å². The third-order valence-corrected chi connectivity index (χ3v) is 5.53. The lowest BCUT2D eigenvalue weighted by atomic mass is 9.86. The first-order valence-electron chi connectivity index (χ1n) is 8.46. The smallest absolute Gasteiger partial charge is 0.274 e. The Morgan fingerprint density at radius 1 is 1.42 bits per heavy atom. The highest BCUT2D eigenvalue weighted by Crippen LogP contribution is 2.28. The maximum atomic E-state index is 12.6. The van der Waals surface area contributed by atoms with E-state index in [1.54, 1.807) is 11.3 Å². The first kappa shape index (κ1) is 17.2. The molecule has 0 atom stereocenters. The highest BCUT2D eigenvalue weighted by atomic mass is 32.1. The van der Waals surface area contributed by atoms with Crippen LogP contribution in [0.1, 0.15) is 48.5 Å². The molecule has 0 aliphatic carbocycles. The molecule has 1 aliphatic heterocycles. The van der Waals surface area contributed by atoms with Crippen LogP contribution in [0.4, 0.5) is 0 Å². The zero-order valence-electron chi connectivity index (χ0n) is 14.5. The molecular formula is C18H25N3O2S. The summed E-state index contributed by atoms with van der Waals surface area (Å²) in [5, 5.41) is 17.1. The highest BCUT2D eigenvalue weighted by molar-refractivity contribution is 7.15. The van der Waals surface area contributed by atoms with Crippen molar-refractivity contribution in [2.75, 3.05) is 13.1 Å². The number of nitrogens with one attached hydrogen (secondary N) is 1. The van der Waals surface area contributed by atoms with Gasteiger partial charge in [-0.3, -0.25) is 9.89 Å². The summed E-state index contributed by atoms with van der Waals surface area (Å²) in [6.07, 6.45) is 2.67. The second-order valence-corrected chi connectivity index (χ2v) is 8.62. The third-order valence-electron chi connectivity index (χ3n) is 4.49. The summed E-state index contributed by atoms with van der Waals surface area (Å²) >= 11 is 1.69. The van der Waals surface area contributed by atoms with Crippen molar-refractivity contribution < 1.29 is 9.90 Å². The van der Waals surface area contributed by atoms with Gasteiger partial charge < -0.3 is 10.0 Å². The van der Waals surface area contributed by atoms with Gasteiger partial charge in [0.05, 0.1) is 16.2 Å². The lowest BCUT2D eigenvalue weighted by molar-refractivity contribution is 0.0357. The lowest BCUT2D eigenvalue weighted by Gasteiger charge is -2.34. The number of piperidine rings is 1. The summed E-state index contributed by atoms with van der Waals surface area (Å²) < 4.78 is 0. The number of likely N-dealkylation sites (tertiary alicyclic amines) is 1. The van der Waals surface area contributed by atoms with Gasteiger partial charge in [-0.15, -0.1) is 11.3 Å². The molecule has 0 saturated carbocycles. The molecule has 1 aliphatic rings. The lowest BCUT2D eigenvalue weighted by Crippen LogP contribution is -2.40. The van der Waals surface area contributed by atoms with Gasteiger partial charge in [0, 0.05) is 18.0 Å². The van der Waals surface area contributed by atoms with Crippen molar-refractivity contribution in [3.8, 4) is 10.6 Å². The standard InChI is InChI=1S/C18H25N3O2S/c1-12-4-5-16(24-12)14-10-15(20-19-14)17(22)21-8-6-13(7-9-21)11-18(2,3)23/h4-5,10,13,23H,6-9,11H2,1-3H3,(H,19,20). The molecule has 1 saturated heterocycles. The van der Waals surface area contributed by atoms with Gasteiger partial charge in [-0.1, -0.05) is 0 Å². The van der Waals surface area contributed by atoms with Gasteiger partial charge in [0.25, 0.3) is 5.91 Å². The predicted molar refractivity (Wildman–Crippen MR) is 96.2 cm³/mol. The first-order chi connectivity index (χ1) is 11.3. The largest absolute Gasteiger partial charge is 0.390 e. The molecule has 2 aromatic rings. The minimum absolute atomic E-state index is 0.00696. The van der Waals surface area contributed by atoms with Crippen LogP contribution in [0, 0.1) is 12.8 Å². The SMILES string of the molecule is Cc1ccc(-c2cc(C(=O)N3CCC(CC(C)(C)O)CC3)n[nH]2)s1. The molecule has 0 spiro atoms. The Balaban J connectivity index is 1.61. The number of amides is 1. The number of aryl methyl sites for hydroxylation is 1. The minimum Gasteiger partial charge on any atom is -0.390 e. The van der Waals surface area contributed by atoms with Gasteiger partial charge >= 0.3 is 0 Å². The second kappa shape index (κ2) is 6.69. The predicted octanol–water partition coefficient (Wildman–Crippen LogP) is 3.46. The monoisotopic (exact) mass is 347 g/mol. The molecule has 1 amide bonds. The number of carbonyl (C=O) groups is 1. The van der Waals surface area contributed by atoms with Crippen LogP contribution in [0.2, 0.25) is 0 Å². The van der Waals surface area contributed by atoms with Gasteiger partial charge in [-0.05, 0) is 64.2 Å². The van der Waals surface area contributed by atoms with E-state index in [1.807, 2.05) is 30.9 Å². The van der Waals surface area contributed by atoms with Crippen molar-refractivity contribution in [1.82, 2.24) is 15.1 Å². The van der Waals surface area contributed by atoms with Crippen LogP contribution in [0.25, 0.3) is 10.6 Å². The Hall–Kier alpha value is -1.66. The van der Waals surface area contributed by atoms with Crippen LogP contribution in [0.3, 0.4) is 0 Å². The number of carbonyl (C=O) groups excluding carboxylic acids is 1. The molecule has 6 heteroatoms. The van der Waals surface area contributed by atoms with Crippen LogP contribution < -0.4 is 0 Å². The number of rotatable bonds is 4. The summed E-state index contributed by atoms with van der Waals surface area (Å²) in [6, 6.07) is 5.95. The normalized spacial score (nSPS) is 16.6. The molecule has 2 aromatic heterocycles. The molecule has 130 valence electrons. The molecule has 2 N–H and O–H groups in total. The molecule has 3 heterocycles. The van der Waals surface area contributed by atoms with Crippen LogP contribution in [0.15, 0.2) is 18.2 Å². The van der Waals surface area contributed by atoms with Crippen molar-refractivity contribution >= 4 is 17.2 Å². The number of nitrogens with zero attached hydrogens (tertiary/aromatic N) is 2. The number of hydrogen-bond acceptors (Lipinski definition) is 4. The Morgan fingerprint density at radius 3 is 2.71 bits per heavy atom. The fraction of sp³-hybridized carbons (Fsp3) is 0.556. The third kappa shape index (κ3) is 4.05. The summed E-state index contributed by atoms with van der Waals surface area (Å²) in [6.45, 7) is 7.23. The topological polar surface area (TPSA) is 69.2 Å². The first-order valence-corrected chi connectivity index (χ1v) is 9.27. The molecule has 5 nitrogen and oxygen atoms in total. The van der Waals surface area contributed by atoms with Crippen LogP contribution in [0.5, 0.6) is 0 Å². The Kier molecular flexibility index (Phi) is 4.78. The van der Waals surface area contributed by atoms with Crippen LogP contribution in [-0.2, 0) is 0 Å². The number of thiophene rings is 1. The van der Waals surface area contributed by atoms with E-state index >= 15 is 0 Å². The molecule has 3 rings (SSSR count). The van der Waals surface area contributed by atoms with Crippen molar-refractivity contribution in [1.29, 1.82) is 0 Å². The maximum Gasteiger partial charge on any atom is 0.274 e. The average molecular weight is 347 g/mol. The number of aliphatic hydroxyl groups is 1. The van der Waals surface area contributed by atoms with E-state index in [0.29, 0.717) is 11.6 Å². The van der Waals surface area contributed by atoms with Crippen molar-refractivity contribution in [2.45, 2.75) is 45.6 Å². The molecule has 0 aromatic carbocycles. The summed E-state index contributed by atoms with van der Waals surface area (Å²) in [7, 11) is 0. The average Bonchev–Trinajstić information content (AvgIpc) is 3.14. The number of aromatic nitrogens is 2. The minimum atomic E-state index is -0.632. The highest BCUT2D eigenvalue weighted by Gasteiger charge is 2.28. The zero-order valence-corrected chi connectivity index (χ0v) is 15.3. The summed E-state index contributed by atoms with van der Waals surface area (Å²) in [5.41, 5.74) is 0.748. The quantitative estimate of drug-likeness (QED) is 0.890. The zero-order chi connectivity index (χ0) is 17.3. The van der Waals surface area contributed by atoms with E-state index in [0.717, 1.165) is 42.9 Å². The summed E-state index contributed by atoms with van der Waals surface area (Å²) in [4.78, 5) is 16.9. The number of aromatic amines is 1. The van der Waals surface area contributed by atoms with E-state index in [2.05, 4.69) is 23.2 Å². The Bertz CT molecular complexity index is 706. The van der Waals surface area contributed by atoms with Gasteiger partial charge in [-0.2, -0.15) is 5.10 Å². The van der Waals surface area contributed by atoms with Gasteiger partial charge in [0.1, 0.15) is 0 Å². The molecule has 0 radical (unpaired) electrons. The van der Waals surface area contributed by atoms with E-state index in [-0.39, 0.29) is 5.91 Å². The number of H-pyrrole nitrogens is 1. The maximum absolute atomic E-state index is 12.6. The molecule has 24 heavy (non-hydrogen) atoms. The van der Waals surface area contributed by atoms with Crippen molar-refractivity contribution in [3.05, 3.63) is 28.8 Å². The van der Waals surface area contributed by atoms with Gasteiger partial charge in [0.2, 0.25) is 0 Å². The second-order valence-electron chi connectivity index (χ2n) is 7.33. The molecule has 1 fully saturated rings. The van der Waals surface area contributed by atoms with Crippen molar-refractivity contribution in [2.24, 2.45) is 5.92 Å². The Morgan fingerprint density at radius 2 is 2.12 bits per heavy atom. The van der Waals surface area contributed by atoms with Crippen LogP contribution in [-0.4, -0.2) is 44.8 Å². The molecule has 0 bridgehead atoms. The van der Waals surface area contributed by atoms with E-state index < -0.39 is 5.60 Å². The van der Waals surface area contributed by atoms with E-state index in [4.69, 9.17) is 0 Å². The fourth-order valence-electron chi connectivity index (χ4n) is 3.35.